The molecule has 0 spiro atoms. The third-order valence-corrected chi connectivity index (χ3v) is 6.66. The van der Waals surface area contributed by atoms with Crippen molar-refractivity contribution in [3.8, 4) is 11.5 Å². The number of ketones is 1. The molecule has 0 amide bonds. The number of benzene rings is 3. The van der Waals surface area contributed by atoms with Crippen LogP contribution < -0.4 is 20.1 Å². The number of para-hydroxylation sites is 3. The first-order valence-electron chi connectivity index (χ1n) is 12.5. The lowest BCUT2D eigenvalue weighted by Crippen LogP contribution is -2.27. The van der Waals surface area contributed by atoms with E-state index in [1.807, 2.05) is 49.4 Å². The van der Waals surface area contributed by atoms with Gasteiger partial charge in [0.15, 0.2) is 5.78 Å². The fourth-order valence-electron chi connectivity index (χ4n) is 5.03. The summed E-state index contributed by atoms with van der Waals surface area (Å²) in [6, 6.07) is 24.1. The third-order valence-electron chi connectivity index (χ3n) is 6.66. The molecule has 5 nitrogen and oxygen atoms in total. The highest BCUT2D eigenvalue weighted by Crippen LogP contribution is 2.45. The molecule has 0 saturated heterocycles. The third kappa shape index (κ3) is 4.76. The van der Waals surface area contributed by atoms with Gasteiger partial charge in [0.05, 0.1) is 30.6 Å². The van der Waals surface area contributed by atoms with E-state index in [0.717, 1.165) is 58.1 Å². The number of allylic oxidation sites excluding steroid dienone is 1. The quantitative estimate of drug-likeness (QED) is 0.397. The van der Waals surface area contributed by atoms with Gasteiger partial charge >= 0.3 is 0 Å². The van der Waals surface area contributed by atoms with Crippen LogP contribution in [0, 0.1) is 0 Å². The molecular weight excluding hydrogens is 436 g/mol. The second kappa shape index (κ2) is 10.3. The number of anilines is 2. The number of fused-ring (bicyclic) bond motifs is 1. The number of carbonyl (C=O) groups is 1. The molecule has 35 heavy (non-hydrogen) atoms. The number of nitrogens with one attached hydrogen (secondary N) is 2. The Kier molecular flexibility index (Phi) is 6.75. The number of Topliss-reactive ketones (excluding diaryl/α,β-unsaturated/α-hetero) is 1. The van der Waals surface area contributed by atoms with Gasteiger partial charge in [0, 0.05) is 23.3 Å². The molecule has 0 bridgehead atoms. The Morgan fingerprint density at radius 2 is 1.60 bits per heavy atom. The molecular formula is C30H32N2O3. The van der Waals surface area contributed by atoms with Crippen molar-refractivity contribution in [1.82, 2.24) is 0 Å². The minimum atomic E-state index is -0.289. The van der Waals surface area contributed by atoms with Gasteiger partial charge < -0.3 is 20.1 Å². The summed E-state index contributed by atoms with van der Waals surface area (Å²) in [7, 11) is 0. The van der Waals surface area contributed by atoms with Crippen molar-refractivity contribution in [2.45, 2.75) is 45.1 Å². The molecule has 5 heteroatoms. The van der Waals surface area contributed by atoms with E-state index in [1.54, 1.807) is 0 Å². The molecule has 0 fully saturated rings. The van der Waals surface area contributed by atoms with E-state index < -0.39 is 0 Å². The molecule has 2 unspecified atom stereocenters. The molecule has 0 saturated carbocycles. The van der Waals surface area contributed by atoms with Crippen LogP contribution in [0.1, 0.15) is 56.2 Å². The molecule has 180 valence electrons. The van der Waals surface area contributed by atoms with Crippen molar-refractivity contribution in [2.24, 2.45) is 0 Å². The molecule has 2 atom stereocenters. The van der Waals surface area contributed by atoms with Crippen LogP contribution >= 0.6 is 0 Å². The van der Waals surface area contributed by atoms with Crippen LogP contribution in [0.2, 0.25) is 0 Å². The topological polar surface area (TPSA) is 59.6 Å². The fraction of sp³-hybridized carbons (Fsp3) is 0.300. The fourth-order valence-corrected chi connectivity index (χ4v) is 5.03. The number of hydrogen-bond donors (Lipinski definition) is 2. The second-order valence-corrected chi connectivity index (χ2v) is 9.06. The van der Waals surface area contributed by atoms with Gasteiger partial charge in [-0.3, -0.25) is 4.79 Å². The largest absolute Gasteiger partial charge is 0.494 e. The number of ether oxygens (including phenoxy) is 2. The summed E-state index contributed by atoms with van der Waals surface area (Å²) in [4.78, 5) is 13.8. The first-order chi connectivity index (χ1) is 17.2. The zero-order chi connectivity index (χ0) is 24.2. The molecule has 2 aliphatic rings. The maximum Gasteiger partial charge on any atom is 0.163 e. The Balaban J connectivity index is 1.55. The van der Waals surface area contributed by atoms with E-state index in [1.165, 1.54) is 0 Å². The van der Waals surface area contributed by atoms with Gasteiger partial charge in [-0.15, -0.1) is 0 Å². The Labute approximate surface area is 207 Å². The summed E-state index contributed by atoms with van der Waals surface area (Å²) in [5.41, 5.74) is 5.88. The van der Waals surface area contributed by atoms with Gasteiger partial charge in [0.1, 0.15) is 11.5 Å². The Hall–Kier alpha value is -3.73. The predicted octanol–water partition coefficient (Wildman–Crippen LogP) is 6.85. The van der Waals surface area contributed by atoms with Crippen molar-refractivity contribution < 1.29 is 14.3 Å². The highest BCUT2D eigenvalue weighted by molar-refractivity contribution is 6.01. The van der Waals surface area contributed by atoms with Crippen molar-refractivity contribution in [2.75, 3.05) is 23.8 Å². The van der Waals surface area contributed by atoms with Gasteiger partial charge in [-0.1, -0.05) is 49.4 Å². The predicted molar refractivity (Wildman–Crippen MR) is 140 cm³/mol. The molecule has 5 rings (SSSR count). The summed E-state index contributed by atoms with van der Waals surface area (Å²) in [6.07, 6.45) is 2.16. The van der Waals surface area contributed by atoms with Crippen molar-refractivity contribution >= 4 is 17.2 Å². The van der Waals surface area contributed by atoms with E-state index in [-0.39, 0.29) is 17.7 Å². The highest BCUT2D eigenvalue weighted by atomic mass is 16.5. The normalized spacial score (nSPS) is 19.1. The number of carbonyl (C=O) groups excluding carboxylic acids is 1. The number of hydrogen-bond acceptors (Lipinski definition) is 5. The molecule has 0 radical (unpaired) electrons. The first kappa shape index (κ1) is 23.0. The lowest BCUT2D eigenvalue weighted by molar-refractivity contribution is -0.116. The number of rotatable bonds is 7. The summed E-state index contributed by atoms with van der Waals surface area (Å²) in [5, 5.41) is 7.28. The summed E-state index contributed by atoms with van der Waals surface area (Å²) in [6.45, 7) is 5.35. The molecule has 0 aromatic heterocycles. The van der Waals surface area contributed by atoms with E-state index >= 15 is 0 Å². The smallest absolute Gasteiger partial charge is 0.163 e. The lowest BCUT2D eigenvalue weighted by atomic mass is 9.78. The van der Waals surface area contributed by atoms with Gasteiger partial charge in [-0.05, 0) is 61.6 Å². The first-order valence-corrected chi connectivity index (χ1v) is 12.5. The van der Waals surface area contributed by atoms with Crippen LogP contribution in [0.3, 0.4) is 0 Å². The maximum atomic E-state index is 13.8. The average molecular weight is 469 g/mol. The van der Waals surface area contributed by atoms with Crippen molar-refractivity contribution in [3.63, 3.8) is 0 Å². The van der Waals surface area contributed by atoms with Crippen LogP contribution in [-0.2, 0) is 4.79 Å². The van der Waals surface area contributed by atoms with Crippen LogP contribution in [0.5, 0.6) is 11.5 Å². The average Bonchev–Trinajstić information content (AvgIpc) is 3.05. The second-order valence-electron chi connectivity index (χ2n) is 9.06. The zero-order valence-electron chi connectivity index (χ0n) is 20.3. The maximum absolute atomic E-state index is 13.8. The molecule has 3 aromatic rings. The standard InChI is InChI=1S/C30H32N2O3/c1-3-17-35-28-12-8-5-9-23(28)30-29-26(31-24-10-6-7-11-25(24)32-30)18-21(19-27(29)33)20-13-15-22(16-14-20)34-4-2/h5-16,21,30-32H,3-4,17-19H2,1-2H3. The van der Waals surface area contributed by atoms with Gasteiger partial charge in [0.25, 0.3) is 0 Å². The Morgan fingerprint density at radius 3 is 2.37 bits per heavy atom. The summed E-state index contributed by atoms with van der Waals surface area (Å²) < 4.78 is 11.7. The molecule has 1 aliphatic heterocycles. The van der Waals surface area contributed by atoms with Crippen molar-refractivity contribution in [3.05, 3.63) is 95.2 Å². The van der Waals surface area contributed by atoms with E-state index in [0.29, 0.717) is 19.6 Å². The van der Waals surface area contributed by atoms with Crippen LogP contribution in [0.15, 0.2) is 84.1 Å². The monoisotopic (exact) mass is 468 g/mol. The van der Waals surface area contributed by atoms with Gasteiger partial charge in [-0.2, -0.15) is 0 Å². The van der Waals surface area contributed by atoms with Gasteiger partial charge in [0.2, 0.25) is 0 Å². The van der Waals surface area contributed by atoms with Crippen molar-refractivity contribution in [1.29, 1.82) is 0 Å². The highest BCUT2D eigenvalue weighted by Gasteiger charge is 2.37. The Bertz CT molecular complexity index is 1230. The summed E-state index contributed by atoms with van der Waals surface area (Å²) >= 11 is 0. The lowest BCUT2D eigenvalue weighted by Gasteiger charge is -2.30. The summed E-state index contributed by atoms with van der Waals surface area (Å²) in [5.74, 6) is 1.95. The van der Waals surface area contributed by atoms with E-state index in [2.05, 4.69) is 47.9 Å². The zero-order valence-corrected chi connectivity index (χ0v) is 20.3. The Morgan fingerprint density at radius 1 is 0.857 bits per heavy atom. The molecule has 1 heterocycles. The van der Waals surface area contributed by atoms with Crippen LogP contribution in [-0.4, -0.2) is 19.0 Å². The minimum absolute atomic E-state index is 0.113. The molecule has 1 aliphatic carbocycles. The minimum Gasteiger partial charge on any atom is -0.494 e. The van der Waals surface area contributed by atoms with E-state index in [9.17, 15) is 4.79 Å². The molecule has 2 N–H and O–H groups in total. The molecule has 3 aromatic carbocycles. The van der Waals surface area contributed by atoms with Crippen LogP contribution in [0.25, 0.3) is 0 Å². The van der Waals surface area contributed by atoms with Crippen LogP contribution in [0.4, 0.5) is 11.4 Å². The van der Waals surface area contributed by atoms with E-state index in [4.69, 9.17) is 9.47 Å². The van der Waals surface area contributed by atoms with Gasteiger partial charge in [-0.25, -0.2) is 0 Å². The SMILES string of the molecule is CCCOc1ccccc1C1Nc2ccccc2NC2=C1C(=O)CC(c1ccc(OCC)cc1)C2.